The second-order valence-electron chi connectivity index (χ2n) is 18.8. The summed E-state index contributed by atoms with van der Waals surface area (Å²) in [5.74, 6) is -4.07. The van der Waals surface area contributed by atoms with Gasteiger partial charge in [0.25, 0.3) is 5.91 Å². The van der Waals surface area contributed by atoms with Crippen LogP contribution in [0, 0.1) is 17.3 Å². The molecule has 8 rings (SSSR count). The second kappa shape index (κ2) is 15.7. The molecule has 324 valence electrons. The van der Waals surface area contributed by atoms with E-state index in [1.165, 1.54) is 11.8 Å². The summed E-state index contributed by atoms with van der Waals surface area (Å²) in [4.78, 5) is 67.8. The standard InChI is InChI=1S/C43H54F2N6O8S/c1-41(2,3)34-38(53)51-23-26(21-31(51)36(52)49-43(22-28(43)35(44)45)39(54)50-60(56,57)42(4)19-20-42)58-37-30(46-29-18-17-24-11-8-9-14-27(24)33(29)47-37)15-7-5-6-12-25-13-10-16-32(25)59-40(55)48-34/h8-9,11,14,17-18,25-26,28,31-32,34-35H,5-7,10,12-13,15-16,19-23H2,1-4H3,(H,48,55)(H,49,52)(H,50,54)/t25-,26-,28?,31+,32-,34-,43-/m1/s1. The van der Waals surface area contributed by atoms with Gasteiger partial charge in [0.05, 0.1) is 22.7 Å². The van der Waals surface area contributed by atoms with E-state index in [1.54, 1.807) is 20.8 Å². The first-order valence-electron chi connectivity index (χ1n) is 21.2. The molecule has 1 saturated heterocycles. The van der Waals surface area contributed by atoms with Gasteiger partial charge in [-0.15, -0.1) is 0 Å². The minimum absolute atomic E-state index is 0.134. The van der Waals surface area contributed by atoms with Crippen molar-refractivity contribution in [1.82, 2.24) is 30.2 Å². The van der Waals surface area contributed by atoms with Gasteiger partial charge < -0.3 is 25.0 Å². The van der Waals surface area contributed by atoms with Crippen LogP contribution in [0.2, 0.25) is 0 Å². The number of amides is 4. The topological polar surface area (TPSA) is 186 Å². The number of nitrogens with zero attached hydrogens (tertiary/aromatic N) is 3. The number of hydrogen-bond donors (Lipinski definition) is 3. The molecule has 1 unspecified atom stereocenters. The van der Waals surface area contributed by atoms with E-state index in [2.05, 4.69) is 10.6 Å². The highest BCUT2D eigenvalue weighted by molar-refractivity contribution is 7.91. The Morgan fingerprint density at radius 1 is 0.983 bits per heavy atom. The maximum atomic E-state index is 14.8. The van der Waals surface area contributed by atoms with Crippen molar-refractivity contribution < 1.29 is 45.9 Å². The average molecular weight is 853 g/mol. The molecule has 5 aliphatic rings. The lowest BCUT2D eigenvalue weighted by atomic mass is 9.85. The van der Waals surface area contributed by atoms with Gasteiger partial charge in [-0.2, -0.15) is 0 Å². The largest absolute Gasteiger partial charge is 0.471 e. The average Bonchev–Trinajstić information content (AvgIpc) is 4.02. The van der Waals surface area contributed by atoms with Crippen LogP contribution in [-0.4, -0.2) is 94.6 Å². The van der Waals surface area contributed by atoms with Gasteiger partial charge in [0.2, 0.25) is 34.1 Å². The lowest BCUT2D eigenvalue weighted by Crippen LogP contribution is -2.60. The third-order valence-electron chi connectivity index (χ3n) is 13.3. The van der Waals surface area contributed by atoms with Crippen molar-refractivity contribution in [1.29, 1.82) is 0 Å². The van der Waals surface area contributed by atoms with Crippen LogP contribution >= 0.6 is 0 Å². The molecule has 7 atom stereocenters. The molecule has 3 heterocycles. The van der Waals surface area contributed by atoms with Gasteiger partial charge in [-0.1, -0.05) is 63.9 Å². The van der Waals surface area contributed by atoms with Crippen LogP contribution in [0.1, 0.15) is 104 Å². The Morgan fingerprint density at radius 2 is 1.73 bits per heavy atom. The van der Waals surface area contributed by atoms with E-state index in [-0.39, 0.29) is 30.9 Å². The normalized spacial score (nSPS) is 29.7. The number of carbonyl (C=O) groups excluding carboxylic acids is 4. The monoisotopic (exact) mass is 852 g/mol. The zero-order valence-corrected chi connectivity index (χ0v) is 35.3. The molecule has 0 radical (unpaired) electrons. The first-order valence-corrected chi connectivity index (χ1v) is 22.7. The number of carbonyl (C=O) groups is 4. The number of benzene rings is 2. The van der Waals surface area contributed by atoms with E-state index in [1.807, 2.05) is 41.1 Å². The van der Waals surface area contributed by atoms with Crippen molar-refractivity contribution in [3.8, 4) is 5.88 Å². The Hall–Kier alpha value is -4.67. The fourth-order valence-corrected chi connectivity index (χ4v) is 10.5. The van der Waals surface area contributed by atoms with E-state index in [9.17, 15) is 36.4 Å². The van der Waals surface area contributed by atoms with Crippen molar-refractivity contribution in [2.45, 2.75) is 146 Å². The maximum Gasteiger partial charge on any atom is 0.408 e. The van der Waals surface area contributed by atoms with E-state index in [0.29, 0.717) is 42.4 Å². The minimum Gasteiger partial charge on any atom is -0.471 e. The number of rotatable bonds is 6. The Labute approximate surface area is 348 Å². The summed E-state index contributed by atoms with van der Waals surface area (Å²) < 4.78 is 68.1. The number of fused-ring (bicyclic) bond motifs is 7. The Kier molecular flexibility index (Phi) is 11.0. The first-order chi connectivity index (χ1) is 28.4. The van der Waals surface area contributed by atoms with Crippen molar-refractivity contribution in [3.05, 3.63) is 42.1 Å². The van der Waals surface area contributed by atoms with Gasteiger partial charge in [0.15, 0.2) is 0 Å². The van der Waals surface area contributed by atoms with Crippen LogP contribution in [0.15, 0.2) is 36.4 Å². The van der Waals surface area contributed by atoms with Gasteiger partial charge in [0.1, 0.15) is 41.0 Å². The molecule has 3 aromatic rings. The number of hydrogen-bond acceptors (Lipinski definition) is 10. The van der Waals surface area contributed by atoms with Crippen LogP contribution in [0.25, 0.3) is 21.8 Å². The van der Waals surface area contributed by atoms with E-state index in [0.717, 1.165) is 49.3 Å². The Balaban J connectivity index is 1.15. The van der Waals surface area contributed by atoms with Gasteiger partial charge in [-0.3, -0.25) is 19.1 Å². The van der Waals surface area contributed by atoms with E-state index >= 15 is 0 Å². The molecule has 0 spiro atoms. The molecule has 60 heavy (non-hydrogen) atoms. The van der Waals surface area contributed by atoms with Crippen molar-refractivity contribution in [2.75, 3.05) is 6.54 Å². The fourth-order valence-electron chi connectivity index (χ4n) is 9.21. The van der Waals surface area contributed by atoms with Crippen LogP contribution in [0.4, 0.5) is 13.6 Å². The molecule has 4 amide bonds. The third kappa shape index (κ3) is 8.09. The predicted octanol–water partition coefficient (Wildman–Crippen LogP) is 5.70. The highest BCUT2D eigenvalue weighted by atomic mass is 32.2. The van der Waals surface area contributed by atoms with Gasteiger partial charge in [0, 0.05) is 11.8 Å². The van der Waals surface area contributed by atoms with Crippen molar-refractivity contribution in [3.63, 3.8) is 0 Å². The Morgan fingerprint density at radius 3 is 2.45 bits per heavy atom. The smallest absolute Gasteiger partial charge is 0.408 e. The minimum atomic E-state index is -4.23. The molecule has 2 aliphatic heterocycles. The van der Waals surface area contributed by atoms with Gasteiger partial charge >= 0.3 is 6.09 Å². The summed E-state index contributed by atoms with van der Waals surface area (Å²) in [5, 5.41) is 7.09. The summed E-state index contributed by atoms with van der Waals surface area (Å²) in [5.41, 5.74) is -1.20. The number of ether oxygens (including phenoxy) is 2. The number of aryl methyl sites for hydroxylation is 1. The van der Waals surface area contributed by atoms with Crippen molar-refractivity contribution in [2.24, 2.45) is 17.3 Å². The summed E-state index contributed by atoms with van der Waals surface area (Å²) in [6.45, 7) is 6.58. The summed E-state index contributed by atoms with van der Waals surface area (Å²) in [7, 11) is -4.23. The number of aromatic nitrogens is 2. The SMILES string of the molecule is CC(C)(C)[C@@H]1NC(=O)O[C@@H]2CCC[C@H]2CCCCCc2nc3ccc4ccccc4c3nc2O[C@@H]2C[C@@H](C(=O)N[C@]3(C(=O)NS(=O)(=O)C4(C)CC4)CC3C(F)F)N(C2)C1=O. The summed E-state index contributed by atoms with van der Waals surface area (Å²) >= 11 is 0. The molecular formula is C43H54F2N6O8S. The van der Waals surface area contributed by atoms with Crippen molar-refractivity contribution >= 4 is 55.6 Å². The zero-order chi connectivity index (χ0) is 42.8. The zero-order valence-electron chi connectivity index (χ0n) is 34.5. The quantitative estimate of drug-likeness (QED) is 0.260. The third-order valence-corrected chi connectivity index (χ3v) is 15.5. The van der Waals surface area contributed by atoms with Gasteiger partial charge in [-0.05, 0) is 87.5 Å². The molecule has 4 fully saturated rings. The number of halogens is 2. The molecule has 14 nitrogen and oxygen atoms in total. The maximum absolute atomic E-state index is 14.8. The summed E-state index contributed by atoms with van der Waals surface area (Å²) in [6.07, 6.45) is 1.53. The molecule has 3 saturated carbocycles. The molecular weight excluding hydrogens is 799 g/mol. The molecule has 17 heteroatoms. The lowest BCUT2D eigenvalue weighted by molar-refractivity contribution is -0.143. The molecule has 1 aromatic heterocycles. The molecule has 2 bridgehead atoms. The molecule has 3 N–H and O–H groups in total. The molecule has 2 aromatic carbocycles. The fraction of sp³-hybridized carbons (Fsp3) is 0.628. The van der Waals surface area contributed by atoms with Crippen LogP contribution in [0.5, 0.6) is 5.88 Å². The van der Waals surface area contributed by atoms with Crippen LogP contribution in [-0.2, 0) is 35.6 Å². The van der Waals surface area contributed by atoms with E-state index < -0.39 is 86.5 Å². The second-order valence-corrected chi connectivity index (χ2v) is 21.0. The predicted molar refractivity (Wildman–Crippen MR) is 217 cm³/mol. The van der Waals surface area contributed by atoms with Crippen LogP contribution in [0.3, 0.4) is 0 Å². The first kappa shape index (κ1) is 42.0. The lowest BCUT2D eigenvalue weighted by Gasteiger charge is -2.35. The number of alkyl halides is 2. The molecule has 3 aliphatic carbocycles. The number of sulfonamides is 1. The van der Waals surface area contributed by atoms with Crippen LogP contribution < -0.4 is 20.1 Å². The number of alkyl carbamates (subject to hydrolysis) is 1. The Bertz CT molecular complexity index is 2320. The van der Waals surface area contributed by atoms with E-state index in [4.69, 9.17) is 19.4 Å². The number of nitrogens with one attached hydrogen (secondary N) is 3. The van der Waals surface area contributed by atoms with Gasteiger partial charge in [-0.25, -0.2) is 32.0 Å². The highest BCUT2D eigenvalue weighted by Gasteiger charge is 2.67. The summed E-state index contributed by atoms with van der Waals surface area (Å²) in [6, 6.07) is 9.10. The highest BCUT2D eigenvalue weighted by Crippen LogP contribution is 2.49.